The van der Waals surface area contributed by atoms with E-state index in [0.29, 0.717) is 5.92 Å². The lowest BCUT2D eigenvalue weighted by molar-refractivity contribution is 0.0587. The van der Waals surface area contributed by atoms with E-state index in [4.69, 9.17) is 0 Å². The SMILES string of the molecule is COC(=O)c1n[nH]c(C2CCNCC2)n1. The summed E-state index contributed by atoms with van der Waals surface area (Å²) in [6.45, 7) is 1.97. The summed E-state index contributed by atoms with van der Waals surface area (Å²) in [5, 5.41) is 9.90. The number of nitrogens with one attached hydrogen (secondary N) is 2. The number of aromatic amines is 1. The second-order valence-electron chi connectivity index (χ2n) is 3.56. The molecule has 1 aliphatic rings. The van der Waals surface area contributed by atoms with Crippen molar-refractivity contribution in [2.75, 3.05) is 20.2 Å². The van der Waals surface area contributed by atoms with Gasteiger partial charge in [-0.2, -0.15) is 0 Å². The van der Waals surface area contributed by atoms with Gasteiger partial charge in [0.1, 0.15) is 5.82 Å². The molecule has 1 fully saturated rings. The Morgan fingerprint density at radius 1 is 1.47 bits per heavy atom. The van der Waals surface area contributed by atoms with Crippen LogP contribution in [0.5, 0.6) is 0 Å². The molecule has 15 heavy (non-hydrogen) atoms. The van der Waals surface area contributed by atoms with E-state index in [2.05, 4.69) is 25.2 Å². The highest BCUT2D eigenvalue weighted by atomic mass is 16.5. The molecular formula is C9H14N4O2. The predicted molar refractivity (Wildman–Crippen MR) is 52.6 cm³/mol. The summed E-state index contributed by atoms with van der Waals surface area (Å²) in [7, 11) is 1.32. The standard InChI is InChI=1S/C9H14N4O2/c1-15-9(14)8-11-7(12-13-8)6-2-4-10-5-3-6/h6,10H,2-5H2,1H3,(H,11,12,13). The Balaban J connectivity index is 2.08. The van der Waals surface area contributed by atoms with Crippen molar-refractivity contribution in [3.63, 3.8) is 0 Å². The predicted octanol–water partition coefficient (Wildman–Crippen LogP) is 0.0583. The molecule has 6 heteroatoms. The maximum absolute atomic E-state index is 11.1. The lowest BCUT2D eigenvalue weighted by Gasteiger charge is -2.19. The van der Waals surface area contributed by atoms with Gasteiger partial charge in [-0.3, -0.25) is 5.10 Å². The van der Waals surface area contributed by atoms with Crippen molar-refractivity contribution >= 4 is 5.97 Å². The van der Waals surface area contributed by atoms with Crippen LogP contribution in [0.3, 0.4) is 0 Å². The molecule has 0 bridgehead atoms. The van der Waals surface area contributed by atoms with Crippen LogP contribution in [-0.2, 0) is 4.74 Å². The molecule has 1 saturated heterocycles. The Bertz CT molecular complexity index is 344. The maximum atomic E-state index is 11.1. The number of nitrogens with zero attached hydrogens (tertiary/aromatic N) is 2. The minimum Gasteiger partial charge on any atom is -0.463 e. The highest BCUT2D eigenvalue weighted by molar-refractivity contribution is 5.84. The van der Waals surface area contributed by atoms with E-state index >= 15 is 0 Å². The molecule has 1 aliphatic heterocycles. The van der Waals surface area contributed by atoms with E-state index < -0.39 is 5.97 Å². The Morgan fingerprint density at radius 2 is 2.20 bits per heavy atom. The Labute approximate surface area is 87.4 Å². The van der Waals surface area contributed by atoms with Gasteiger partial charge >= 0.3 is 5.97 Å². The van der Waals surface area contributed by atoms with Gasteiger partial charge in [-0.1, -0.05) is 0 Å². The quantitative estimate of drug-likeness (QED) is 0.675. The maximum Gasteiger partial charge on any atom is 0.377 e. The van der Waals surface area contributed by atoms with Crippen molar-refractivity contribution in [2.24, 2.45) is 0 Å². The molecule has 1 aromatic rings. The van der Waals surface area contributed by atoms with Crippen LogP contribution in [-0.4, -0.2) is 41.3 Å². The van der Waals surface area contributed by atoms with Crippen molar-refractivity contribution in [3.05, 3.63) is 11.6 Å². The molecular weight excluding hydrogens is 196 g/mol. The summed E-state index contributed by atoms with van der Waals surface area (Å²) in [5.41, 5.74) is 0. The van der Waals surface area contributed by atoms with Gasteiger partial charge in [-0.25, -0.2) is 9.78 Å². The highest BCUT2D eigenvalue weighted by Gasteiger charge is 2.21. The zero-order chi connectivity index (χ0) is 10.7. The van der Waals surface area contributed by atoms with E-state index in [0.717, 1.165) is 31.8 Å². The normalized spacial score (nSPS) is 17.7. The van der Waals surface area contributed by atoms with Gasteiger partial charge < -0.3 is 10.1 Å². The monoisotopic (exact) mass is 210 g/mol. The number of ether oxygens (including phenoxy) is 1. The number of aromatic nitrogens is 3. The number of hydrogen-bond donors (Lipinski definition) is 2. The number of carbonyl (C=O) groups excluding carboxylic acids is 1. The number of methoxy groups -OCH3 is 1. The van der Waals surface area contributed by atoms with Gasteiger partial charge in [-0.05, 0) is 25.9 Å². The van der Waals surface area contributed by atoms with Crippen molar-refractivity contribution in [2.45, 2.75) is 18.8 Å². The van der Waals surface area contributed by atoms with Gasteiger partial charge in [0.05, 0.1) is 7.11 Å². The average Bonchev–Trinajstić information content (AvgIpc) is 2.78. The van der Waals surface area contributed by atoms with Crippen LogP contribution in [0.2, 0.25) is 0 Å². The Hall–Kier alpha value is -1.43. The molecule has 82 valence electrons. The first kappa shape index (κ1) is 10.1. The third-order valence-corrected chi connectivity index (χ3v) is 2.60. The number of esters is 1. The fraction of sp³-hybridized carbons (Fsp3) is 0.667. The molecule has 0 atom stereocenters. The highest BCUT2D eigenvalue weighted by Crippen LogP contribution is 2.21. The van der Waals surface area contributed by atoms with Crippen molar-refractivity contribution in [1.82, 2.24) is 20.5 Å². The molecule has 0 spiro atoms. The summed E-state index contributed by atoms with van der Waals surface area (Å²) < 4.78 is 4.54. The number of H-pyrrole nitrogens is 1. The summed E-state index contributed by atoms with van der Waals surface area (Å²) >= 11 is 0. The van der Waals surface area contributed by atoms with Crippen LogP contribution in [0.25, 0.3) is 0 Å². The third kappa shape index (κ3) is 2.15. The van der Waals surface area contributed by atoms with Gasteiger partial charge in [0, 0.05) is 5.92 Å². The summed E-state index contributed by atoms with van der Waals surface area (Å²) in [6, 6.07) is 0. The van der Waals surface area contributed by atoms with Gasteiger partial charge in [0.2, 0.25) is 0 Å². The largest absolute Gasteiger partial charge is 0.463 e. The number of rotatable bonds is 2. The van der Waals surface area contributed by atoms with Crippen LogP contribution < -0.4 is 5.32 Å². The van der Waals surface area contributed by atoms with Gasteiger partial charge in [0.15, 0.2) is 0 Å². The van der Waals surface area contributed by atoms with E-state index in [1.807, 2.05) is 0 Å². The zero-order valence-electron chi connectivity index (χ0n) is 8.62. The average molecular weight is 210 g/mol. The third-order valence-electron chi connectivity index (χ3n) is 2.60. The van der Waals surface area contributed by atoms with E-state index in [1.54, 1.807) is 0 Å². The molecule has 0 amide bonds. The molecule has 0 unspecified atom stereocenters. The van der Waals surface area contributed by atoms with Gasteiger partial charge in [0.25, 0.3) is 5.82 Å². The number of hydrogen-bond acceptors (Lipinski definition) is 5. The summed E-state index contributed by atoms with van der Waals surface area (Å²) in [6.07, 6.45) is 2.05. The van der Waals surface area contributed by atoms with Crippen LogP contribution in [0.1, 0.15) is 35.2 Å². The van der Waals surface area contributed by atoms with Crippen LogP contribution in [0, 0.1) is 0 Å². The molecule has 1 aromatic heterocycles. The fourth-order valence-electron chi connectivity index (χ4n) is 1.73. The summed E-state index contributed by atoms with van der Waals surface area (Å²) in [5.74, 6) is 0.784. The van der Waals surface area contributed by atoms with E-state index in [1.165, 1.54) is 7.11 Å². The van der Waals surface area contributed by atoms with Gasteiger partial charge in [-0.15, -0.1) is 5.10 Å². The first-order valence-corrected chi connectivity index (χ1v) is 5.02. The smallest absolute Gasteiger partial charge is 0.377 e. The Morgan fingerprint density at radius 3 is 2.87 bits per heavy atom. The van der Waals surface area contributed by atoms with Crippen LogP contribution in [0.15, 0.2) is 0 Å². The van der Waals surface area contributed by atoms with Crippen molar-refractivity contribution in [1.29, 1.82) is 0 Å². The molecule has 2 rings (SSSR count). The second-order valence-corrected chi connectivity index (χ2v) is 3.56. The molecule has 6 nitrogen and oxygen atoms in total. The first-order chi connectivity index (χ1) is 7.31. The molecule has 0 aliphatic carbocycles. The number of carbonyl (C=O) groups is 1. The molecule has 0 aromatic carbocycles. The fourth-order valence-corrected chi connectivity index (χ4v) is 1.73. The lowest BCUT2D eigenvalue weighted by atomic mass is 9.98. The van der Waals surface area contributed by atoms with E-state index in [-0.39, 0.29) is 5.82 Å². The first-order valence-electron chi connectivity index (χ1n) is 5.02. The lowest BCUT2D eigenvalue weighted by Crippen LogP contribution is -2.27. The topological polar surface area (TPSA) is 79.9 Å². The van der Waals surface area contributed by atoms with E-state index in [9.17, 15) is 4.79 Å². The minimum absolute atomic E-state index is 0.117. The minimum atomic E-state index is -0.494. The van der Waals surface area contributed by atoms with Crippen LogP contribution in [0.4, 0.5) is 0 Å². The zero-order valence-corrected chi connectivity index (χ0v) is 8.62. The van der Waals surface area contributed by atoms with Crippen molar-refractivity contribution < 1.29 is 9.53 Å². The molecule has 0 radical (unpaired) electrons. The second kappa shape index (κ2) is 4.39. The molecule has 0 saturated carbocycles. The van der Waals surface area contributed by atoms with Crippen LogP contribution >= 0.6 is 0 Å². The van der Waals surface area contributed by atoms with Crippen molar-refractivity contribution in [3.8, 4) is 0 Å². The molecule has 2 heterocycles. The molecule has 2 N–H and O–H groups in total. The Kier molecular flexibility index (Phi) is 2.96. The summed E-state index contributed by atoms with van der Waals surface area (Å²) in [4.78, 5) is 15.3. The number of piperidine rings is 1.